The minimum Gasteiger partial charge on any atom is -0.340 e. The van der Waals surface area contributed by atoms with Gasteiger partial charge in [-0.3, -0.25) is 4.79 Å². The Balaban J connectivity index is -0.000000296. The summed E-state index contributed by atoms with van der Waals surface area (Å²) in [7, 11) is 0. The van der Waals surface area contributed by atoms with E-state index in [0.29, 0.717) is 18.4 Å². The van der Waals surface area contributed by atoms with Crippen LogP contribution >= 0.6 is 12.6 Å². The van der Waals surface area contributed by atoms with Gasteiger partial charge in [0.2, 0.25) is 5.91 Å². The lowest BCUT2D eigenvalue weighted by Crippen LogP contribution is -2.46. The second kappa shape index (κ2) is 26.9. The van der Waals surface area contributed by atoms with Crippen LogP contribution in [0.15, 0.2) is 0 Å². The third-order valence-electron chi connectivity index (χ3n) is 5.40. The fourth-order valence-corrected chi connectivity index (χ4v) is 4.66. The van der Waals surface area contributed by atoms with E-state index in [-0.39, 0.29) is 4.75 Å². The van der Waals surface area contributed by atoms with E-state index >= 15 is 0 Å². The van der Waals surface area contributed by atoms with E-state index in [1.807, 2.05) is 69.2 Å². The zero-order chi connectivity index (χ0) is 24.6. The van der Waals surface area contributed by atoms with Gasteiger partial charge in [-0.15, -0.1) is 0 Å². The first-order chi connectivity index (χ1) is 14.6. The van der Waals surface area contributed by atoms with Crippen LogP contribution in [0.2, 0.25) is 0 Å². The number of thiol groups is 1. The van der Waals surface area contributed by atoms with Gasteiger partial charge >= 0.3 is 0 Å². The van der Waals surface area contributed by atoms with Crippen molar-refractivity contribution in [2.75, 3.05) is 6.54 Å². The highest BCUT2D eigenvalue weighted by Gasteiger charge is 2.37. The molecule has 1 aliphatic heterocycles. The first-order valence-corrected chi connectivity index (χ1v) is 14.0. The van der Waals surface area contributed by atoms with Gasteiger partial charge in [0.1, 0.15) is 0 Å². The summed E-state index contributed by atoms with van der Waals surface area (Å²) in [4.78, 5) is 14.9. The molecule has 1 aliphatic carbocycles. The van der Waals surface area contributed by atoms with Gasteiger partial charge in [-0.2, -0.15) is 12.6 Å². The van der Waals surface area contributed by atoms with E-state index in [1.54, 1.807) is 0 Å². The molecule has 0 N–H and O–H groups in total. The number of piperidine rings is 1. The number of amides is 1. The molecule has 2 fully saturated rings. The molecule has 0 radical (unpaired) electrons. The number of rotatable bonds is 4. The van der Waals surface area contributed by atoms with Crippen LogP contribution < -0.4 is 0 Å². The molecule has 0 aromatic carbocycles. The van der Waals surface area contributed by atoms with Crippen LogP contribution in [-0.4, -0.2) is 28.1 Å². The molecule has 0 bridgehead atoms. The first kappa shape index (κ1) is 37.2. The number of hydrogen-bond acceptors (Lipinski definition) is 2. The minimum absolute atomic E-state index is 0.0360. The second-order valence-electron chi connectivity index (χ2n) is 6.92. The van der Waals surface area contributed by atoms with Gasteiger partial charge in [0.25, 0.3) is 0 Å². The highest BCUT2D eigenvalue weighted by atomic mass is 32.1. The topological polar surface area (TPSA) is 20.3 Å². The van der Waals surface area contributed by atoms with Crippen molar-refractivity contribution in [2.45, 2.75) is 158 Å². The summed E-state index contributed by atoms with van der Waals surface area (Å²) in [5.41, 5.74) is 0. The van der Waals surface area contributed by atoms with Crippen molar-refractivity contribution in [3.05, 3.63) is 0 Å². The number of carbonyl (C=O) groups excluding carboxylic acids is 1. The molecule has 3 unspecified atom stereocenters. The SMILES string of the molecule is CC.CC.CC.CC.CC.CCC1CCCC(S)(CC(=O)N2CCCCC2CC)C1. The standard InChI is InChI=1S/C17H31NOS.5C2H6/c1-3-14-8-7-10-17(20,12-14)13-16(19)18-11-6-5-9-15(18)4-2;5*1-2/h14-15,20H,3-13H2,1-2H3;5*1-2H3. The molecule has 2 aliphatic rings. The van der Waals surface area contributed by atoms with Crippen LogP contribution in [0, 0.1) is 5.92 Å². The zero-order valence-electron chi connectivity index (χ0n) is 23.2. The van der Waals surface area contributed by atoms with Gasteiger partial charge in [0, 0.05) is 23.8 Å². The van der Waals surface area contributed by atoms with Crippen LogP contribution in [0.1, 0.15) is 147 Å². The van der Waals surface area contributed by atoms with Crippen LogP contribution in [0.25, 0.3) is 0 Å². The summed E-state index contributed by atoms with van der Waals surface area (Å²) >= 11 is 4.93. The molecule has 2 rings (SSSR count). The molecule has 1 amide bonds. The quantitative estimate of drug-likeness (QED) is 0.425. The lowest BCUT2D eigenvalue weighted by atomic mass is 9.77. The van der Waals surface area contributed by atoms with Gasteiger partial charge in [-0.1, -0.05) is 102 Å². The molecule has 0 aromatic heterocycles. The van der Waals surface area contributed by atoms with E-state index in [0.717, 1.165) is 31.7 Å². The average Bonchev–Trinajstić information content (AvgIpc) is 2.85. The zero-order valence-corrected chi connectivity index (χ0v) is 24.1. The Kier molecular flexibility index (Phi) is 33.3. The summed E-state index contributed by atoms with van der Waals surface area (Å²) in [6.45, 7) is 25.4. The maximum atomic E-state index is 12.7. The second-order valence-corrected chi connectivity index (χ2v) is 7.87. The number of hydrogen-bond donors (Lipinski definition) is 1. The van der Waals surface area contributed by atoms with Crippen molar-refractivity contribution >= 4 is 18.5 Å². The predicted molar refractivity (Wildman–Crippen MR) is 145 cm³/mol. The van der Waals surface area contributed by atoms with Crippen molar-refractivity contribution in [1.82, 2.24) is 4.90 Å². The fraction of sp³-hybridized carbons (Fsp3) is 0.963. The molecule has 1 saturated heterocycles. The van der Waals surface area contributed by atoms with Crippen LogP contribution in [0.3, 0.4) is 0 Å². The Morgan fingerprint density at radius 2 is 1.37 bits per heavy atom. The molecule has 3 heteroatoms. The van der Waals surface area contributed by atoms with Crippen molar-refractivity contribution in [1.29, 1.82) is 0 Å². The molecule has 1 saturated carbocycles. The van der Waals surface area contributed by atoms with Gasteiger partial charge in [0.15, 0.2) is 0 Å². The molecule has 2 nitrogen and oxygen atoms in total. The summed E-state index contributed by atoms with van der Waals surface area (Å²) in [5, 5.41) is 0. The summed E-state index contributed by atoms with van der Waals surface area (Å²) in [6.07, 6.45) is 11.5. The van der Waals surface area contributed by atoms with Crippen molar-refractivity contribution in [3.63, 3.8) is 0 Å². The number of nitrogens with zero attached hydrogens (tertiary/aromatic N) is 1. The van der Waals surface area contributed by atoms with E-state index in [1.165, 1.54) is 38.5 Å². The maximum absolute atomic E-state index is 12.7. The van der Waals surface area contributed by atoms with Crippen molar-refractivity contribution in [3.8, 4) is 0 Å². The minimum atomic E-state index is -0.0360. The number of carbonyl (C=O) groups is 1. The summed E-state index contributed by atoms with van der Waals surface area (Å²) in [6, 6.07) is 0.485. The van der Waals surface area contributed by atoms with Gasteiger partial charge in [0.05, 0.1) is 0 Å². The maximum Gasteiger partial charge on any atom is 0.224 e. The molecule has 0 spiro atoms. The Labute approximate surface area is 198 Å². The van der Waals surface area contributed by atoms with Gasteiger partial charge in [-0.25, -0.2) is 0 Å². The Morgan fingerprint density at radius 1 is 0.833 bits per heavy atom. The average molecular weight is 448 g/mol. The molecular formula is C27H61NOS. The lowest BCUT2D eigenvalue weighted by Gasteiger charge is -2.41. The third kappa shape index (κ3) is 15.6. The highest BCUT2D eigenvalue weighted by Crippen LogP contribution is 2.41. The van der Waals surface area contributed by atoms with Crippen LogP contribution in [-0.2, 0) is 4.79 Å². The van der Waals surface area contributed by atoms with E-state index < -0.39 is 0 Å². The highest BCUT2D eigenvalue weighted by molar-refractivity contribution is 7.81. The number of likely N-dealkylation sites (tertiary alicyclic amines) is 1. The molecule has 0 aromatic rings. The van der Waals surface area contributed by atoms with Gasteiger partial charge < -0.3 is 4.90 Å². The molecule has 30 heavy (non-hydrogen) atoms. The predicted octanol–water partition coefficient (Wildman–Crippen LogP) is 9.57. The van der Waals surface area contributed by atoms with E-state index in [2.05, 4.69) is 18.7 Å². The molecule has 3 atom stereocenters. The third-order valence-corrected chi connectivity index (χ3v) is 5.96. The Bertz CT molecular complexity index is 335. The molecule has 186 valence electrons. The van der Waals surface area contributed by atoms with Gasteiger partial charge in [-0.05, 0) is 44.4 Å². The largest absolute Gasteiger partial charge is 0.340 e. The van der Waals surface area contributed by atoms with Crippen LogP contribution in [0.4, 0.5) is 0 Å². The van der Waals surface area contributed by atoms with E-state index in [4.69, 9.17) is 12.6 Å². The fourth-order valence-electron chi connectivity index (χ4n) is 4.11. The van der Waals surface area contributed by atoms with E-state index in [9.17, 15) is 4.79 Å². The van der Waals surface area contributed by atoms with Crippen molar-refractivity contribution < 1.29 is 4.79 Å². The normalized spacial score (nSPS) is 24.4. The first-order valence-electron chi connectivity index (χ1n) is 13.6. The monoisotopic (exact) mass is 447 g/mol. The van der Waals surface area contributed by atoms with Crippen LogP contribution in [0.5, 0.6) is 0 Å². The lowest BCUT2D eigenvalue weighted by molar-refractivity contribution is -0.135. The smallest absolute Gasteiger partial charge is 0.224 e. The Hall–Kier alpha value is -0.180. The Morgan fingerprint density at radius 3 is 1.83 bits per heavy atom. The molecule has 1 heterocycles. The van der Waals surface area contributed by atoms with Crippen molar-refractivity contribution in [2.24, 2.45) is 5.92 Å². The molecular weight excluding hydrogens is 386 g/mol. The summed E-state index contributed by atoms with van der Waals surface area (Å²) < 4.78 is -0.0360. The summed E-state index contributed by atoms with van der Waals surface area (Å²) in [5.74, 6) is 1.14.